The topological polar surface area (TPSA) is 86.6 Å². The van der Waals surface area contributed by atoms with Crippen molar-refractivity contribution in [2.45, 2.75) is 12.1 Å². The predicted molar refractivity (Wildman–Crippen MR) is 61.7 cm³/mol. The molecular weight excluding hydrogens is 246 g/mol. The first-order chi connectivity index (χ1) is 8.06. The molecule has 1 aromatic carbocycles. The summed E-state index contributed by atoms with van der Waals surface area (Å²) in [6.07, 6.45) is -1.32. The zero-order valence-electron chi connectivity index (χ0n) is 8.84. The van der Waals surface area contributed by atoms with Gasteiger partial charge in [-0.05, 0) is 5.56 Å². The maximum atomic E-state index is 11.0. The van der Waals surface area contributed by atoms with Gasteiger partial charge in [-0.3, -0.25) is 4.79 Å². The van der Waals surface area contributed by atoms with E-state index in [1.165, 1.54) is 0 Å². The fourth-order valence-corrected chi connectivity index (χ4v) is 1.41. The second kappa shape index (κ2) is 6.22. The number of alkyl halides is 1. The molecule has 6 heteroatoms. The third-order valence-electron chi connectivity index (χ3n) is 2.16. The van der Waals surface area contributed by atoms with Crippen molar-refractivity contribution in [1.82, 2.24) is 5.32 Å². The lowest BCUT2D eigenvalue weighted by molar-refractivity contribution is -0.145. The van der Waals surface area contributed by atoms with Crippen LogP contribution in [0.1, 0.15) is 11.7 Å². The van der Waals surface area contributed by atoms with E-state index < -0.39 is 24.0 Å². The third kappa shape index (κ3) is 3.72. The van der Waals surface area contributed by atoms with Crippen molar-refractivity contribution in [2.75, 3.05) is 5.88 Å². The van der Waals surface area contributed by atoms with Gasteiger partial charge in [-0.1, -0.05) is 30.3 Å². The van der Waals surface area contributed by atoms with Crippen LogP contribution < -0.4 is 5.32 Å². The minimum atomic E-state index is -1.41. The molecule has 92 valence electrons. The second-order valence-corrected chi connectivity index (χ2v) is 3.64. The van der Waals surface area contributed by atoms with Gasteiger partial charge in [0, 0.05) is 0 Å². The normalized spacial score (nSPS) is 13.8. The lowest BCUT2D eigenvalue weighted by atomic mass is 10.0. The number of aliphatic carboxylic acids is 1. The van der Waals surface area contributed by atoms with Gasteiger partial charge in [-0.2, -0.15) is 0 Å². The number of nitrogens with one attached hydrogen (secondary N) is 1. The largest absolute Gasteiger partial charge is 0.480 e. The summed E-state index contributed by atoms with van der Waals surface area (Å²) < 4.78 is 0. The van der Waals surface area contributed by atoms with Crippen molar-refractivity contribution in [3.05, 3.63) is 35.9 Å². The van der Waals surface area contributed by atoms with E-state index in [-0.39, 0.29) is 5.88 Å². The summed E-state index contributed by atoms with van der Waals surface area (Å²) in [4.78, 5) is 22.0. The molecule has 0 radical (unpaired) electrons. The molecule has 0 fully saturated rings. The van der Waals surface area contributed by atoms with Gasteiger partial charge < -0.3 is 15.5 Å². The Labute approximate surface area is 103 Å². The van der Waals surface area contributed by atoms with Crippen LogP contribution in [0.15, 0.2) is 30.3 Å². The van der Waals surface area contributed by atoms with Gasteiger partial charge in [-0.15, -0.1) is 11.6 Å². The van der Waals surface area contributed by atoms with Gasteiger partial charge in [-0.25, -0.2) is 4.79 Å². The van der Waals surface area contributed by atoms with Crippen LogP contribution in [0.2, 0.25) is 0 Å². The Morgan fingerprint density at radius 3 is 2.35 bits per heavy atom. The Kier molecular flexibility index (Phi) is 4.93. The average Bonchev–Trinajstić information content (AvgIpc) is 2.35. The van der Waals surface area contributed by atoms with Gasteiger partial charge in [0.2, 0.25) is 5.91 Å². The van der Waals surface area contributed by atoms with Crippen molar-refractivity contribution >= 4 is 23.5 Å². The summed E-state index contributed by atoms with van der Waals surface area (Å²) in [7, 11) is 0. The third-order valence-corrected chi connectivity index (χ3v) is 2.40. The van der Waals surface area contributed by atoms with Crippen LogP contribution in [0.5, 0.6) is 0 Å². The molecule has 0 spiro atoms. The highest BCUT2D eigenvalue weighted by molar-refractivity contribution is 6.27. The smallest absolute Gasteiger partial charge is 0.329 e. The molecule has 0 bridgehead atoms. The Morgan fingerprint density at radius 1 is 1.29 bits per heavy atom. The molecule has 0 aliphatic rings. The average molecular weight is 258 g/mol. The molecule has 2 unspecified atom stereocenters. The van der Waals surface area contributed by atoms with E-state index in [0.29, 0.717) is 5.56 Å². The highest BCUT2D eigenvalue weighted by Gasteiger charge is 2.28. The number of carboxylic acids is 1. The first-order valence-electron chi connectivity index (χ1n) is 4.87. The van der Waals surface area contributed by atoms with Crippen LogP contribution >= 0.6 is 11.6 Å². The van der Waals surface area contributed by atoms with Crippen LogP contribution in [0.4, 0.5) is 0 Å². The summed E-state index contributed by atoms with van der Waals surface area (Å²) >= 11 is 5.26. The number of carboxylic acid groups (broad SMARTS) is 1. The van der Waals surface area contributed by atoms with Gasteiger partial charge in [0.15, 0.2) is 6.04 Å². The van der Waals surface area contributed by atoms with Crippen LogP contribution in [-0.4, -0.2) is 34.0 Å². The van der Waals surface area contributed by atoms with Crippen LogP contribution in [0.25, 0.3) is 0 Å². The number of hydrogen-bond donors (Lipinski definition) is 3. The molecule has 2 atom stereocenters. The quantitative estimate of drug-likeness (QED) is 0.672. The molecule has 0 heterocycles. The lowest BCUT2D eigenvalue weighted by Gasteiger charge is -2.20. The summed E-state index contributed by atoms with van der Waals surface area (Å²) in [6, 6.07) is 6.81. The Morgan fingerprint density at radius 2 is 1.88 bits per heavy atom. The fourth-order valence-electron chi connectivity index (χ4n) is 1.33. The van der Waals surface area contributed by atoms with Crippen LogP contribution in [0, 0.1) is 0 Å². The number of rotatable bonds is 5. The highest BCUT2D eigenvalue weighted by Crippen LogP contribution is 2.16. The minimum absolute atomic E-state index is 0.356. The molecular formula is C11H12ClNO4. The summed E-state index contributed by atoms with van der Waals surface area (Å²) in [5.41, 5.74) is 0.412. The molecule has 0 aliphatic heterocycles. The van der Waals surface area contributed by atoms with Crippen molar-refractivity contribution in [1.29, 1.82) is 0 Å². The number of aliphatic hydroxyl groups excluding tert-OH is 1. The van der Waals surface area contributed by atoms with Crippen LogP contribution in [0.3, 0.4) is 0 Å². The first kappa shape index (κ1) is 13.5. The zero-order valence-corrected chi connectivity index (χ0v) is 9.59. The number of carbonyl (C=O) groups is 2. The van der Waals surface area contributed by atoms with Crippen molar-refractivity contribution in [3.63, 3.8) is 0 Å². The number of carbonyl (C=O) groups excluding carboxylic acids is 1. The molecule has 0 aliphatic carbocycles. The van der Waals surface area contributed by atoms with Gasteiger partial charge in [0.25, 0.3) is 0 Å². The standard InChI is InChI=1S/C11H12ClNO4/c12-6-8(14)13-9(11(16)17)10(15)7-4-2-1-3-5-7/h1-5,9-10,15H,6H2,(H,13,14)(H,16,17). The molecule has 1 amide bonds. The second-order valence-electron chi connectivity index (χ2n) is 3.37. The maximum absolute atomic E-state index is 11.0. The summed E-state index contributed by atoms with van der Waals surface area (Å²) in [5, 5.41) is 20.9. The molecule has 0 aromatic heterocycles. The molecule has 0 saturated carbocycles. The lowest BCUT2D eigenvalue weighted by Crippen LogP contribution is -2.45. The van der Waals surface area contributed by atoms with Crippen molar-refractivity contribution in [2.24, 2.45) is 0 Å². The Hall–Kier alpha value is -1.59. The molecule has 3 N–H and O–H groups in total. The van der Waals surface area contributed by atoms with Crippen molar-refractivity contribution in [3.8, 4) is 0 Å². The maximum Gasteiger partial charge on any atom is 0.329 e. The first-order valence-corrected chi connectivity index (χ1v) is 5.41. The van der Waals surface area contributed by atoms with E-state index in [9.17, 15) is 14.7 Å². The van der Waals surface area contributed by atoms with E-state index in [1.54, 1.807) is 30.3 Å². The molecule has 1 aromatic rings. The number of halogens is 1. The van der Waals surface area contributed by atoms with E-state index in [2.05, 4.69) is 5.32 Å². The number of amides is 1. The summed E-state index contributed by atoms with van der Waals surface area (Å²) in [6.45, 7) is 0. The number of benzene rings is 1. The Balaban J connectivity index is 2.84. The van der Waals surface area contributed by atoms with Gasteiger partial charge in [0.1, 0.15) is 12.0 Å². The monoisotopic (exact) mass is 257 g/mol. The predicted octanol–water partition coefficient (Wildman–Crippen LogP) is 0.528. The minimum Gasteiger partial charge on any atom is -0.480 e. The van der Waals surface area contributed by atoms with E-state index in [4.69, 9.17) is 16.7 Å². The highest BCUT2D eigenvalue weighted by atomic mass is 35.5. The number of aliphatic hydroxyl groups is 1. The molecule has 17 heavy (non-hydrogen) atoms. The SMILES string of the molecule is O=C(CCl)NC(C(=O)O)C(O)c1ccccc1. The van der Waals surface area contributed by atoms with E-state index >= 15 is 0 Å². The van der Waals surface area contributed by atoms with E-state index in [0.717, 1.165) is 0 Å². The van der Waals surface area contributed by atoms with Gasteiger partial charge >= 0.3 is 5.97 Å². The summed E-state index contributed by atoms with van der Waals surface area (Å²) in [5.74, 6) is -2.32. The molecule has 1 rings (SSSR count). The molecule has 0 saturated heterocycles. The zero-order chi connectivity index (χ0) is 12.8. The molecule has 5 nitrogen and oxygen atoms in total. The van der Waals surface area contributed by atoms with E-state index in [1.807, 2.05) is 0 Å². The van der Waals surface area contributed by atoms with Gasteiger partial charge in [0.05, 0.1) is 0 Å². The van der Waals surface area contributed by atoms with Crippen LogP contribution in [-0.2, 0) is 9.59 Å². The number of hydrogen-bond acceptors (Lipinski definition) is 3. The van der Waals surface area contributed by atoms with Crippen molar-refractivity contribution < 1.29 is 19.8 Å². The fraction of sp³-hybridized carbons (Fsp3) is 0.273. The Bertz CT molecular complexity index is 396.